The fourth-order valence-corrected chi connectivity index (χ4v) is 4.06. The van der Waals surface area contributed by atoms with E-state index in [2.05, 4.69) is 20.4 Å². The lowest BCUT2D eigenvalue weighted by Crippen LogP contribution is -2.54. The van der Waals surface area contributed by atoms with Crippen molar-refractivity contribution in [1.82, 2.24) is 13.7 Å². The maximum absolute atomic E-state index is 12.6. The monoisotopic (exact) mass is 539 g/mol. The average Bonchev–Trinajstić information content (AvgIpc) is 2.94. The number of ether oxygens (including phenoxy) is 2. The normalized spacial score (nSPS) is 13.1. The predicted molar refractivity (Wildman–Crippen MR) is 149 cm³/mol. The highest BCUT2D eigenvalue weighted by Crippen LogP contribution is 2.33. The van der Waals surface area contributed by atoms with Crippen molar-refractivity contribution in [1.29, 1.82) is 0 Å². The molecule has 0 aliphatic carbocycles. The molecule has 3 rings (SSSR count). The first-order valence-electron chi connectivity index (χ1n) is 12.8. The summed E-state index contributed by atoms with van der Waals surface area (Å²) < 4.78 is 13.8. The predicted octanol–water partition coefficient (Wildman–Crippen LogP) is 1.81. The van der Waals surface area contributed by atoms with Crippen LogP contribution in [0.15, 0.2) is 75.6 Å². The van der Waals surface area contributed by atoms with E-state index in [0.717, 1.165) is 24.8 Å². The number of hydrogen-bond donors (Lipinski definition) is 2. The summed E-state index contributed by atoms with van der Waals surface area (Å²) in [5, 5.41) is 20.2. The van der Waals surface area contributed by atoms with Gasteiger partial charge in [0.1, 0.15) is 30.8 Å². The van der Waals surface area contributed by atoms with Gasteiger partial charge in [-0.25, -0.2) is 28.1 Å². The highest BCUT2D eigenvalue weighted by molar-refractivity contribution is 5.41. The van der Waals surface area contributed by atoms with Gasteiger partial charge in [-0.05, 0) is 41.8 Å². The van der Waals surface area contributed by atoms with Crippen molar-refractivity contribution in [3.63, 3.8) is 0 Å². The summed E-state index contributed by atoms with van der Waals surface area (Å²) in [4.78, 5) is 37.2. The van der Waals surface area contributed by atoms with Gasteiger partial charge in [0.2, 0.25) is 0 Å². The van der Waals surface area contributed by atoms with Crippen LogP contribution >= 0.6 is 0 Å². The van der Waals surface area contributed by atoms with Gasteiger partial charge >= 0.3 is 17.1 Å². The summed E-state index contributed by atoms with van der Waals surface area (Å²) in [5.41, 5.74) is -0.549. The molecule has 2 atom stereocenters. The molecule has 2 aromatic carbocycles. The lowest BCUT2D eigenvalue weighted by Gasteiger charge is -2.26. The highest BCUT2D eigenvalue weighted by Gasteiger charge is 2.23. The van der Waals surface area contributed by atoms with Crippen LogP contribution in [-0.4, -0.2) is 49.3 Å². The zero-order valence-corrected chi connectivity index (χ0v) is 22.9. The van der Waals surface area contributed by atoms with Crippen LogP contribution in [0, 0.1) is 0 Å². The summed E-state index contributed by atoms with van der Waals surface area (Å²) in [6.45, 7) is 9.35. The Balaban J connectivity index is 1.65. The first kappa shape index (κ1) is 29.7. The van der Waals surface area contributed by atoms with Crippen LogP contribution in [0.4, 0.5) is 0 Å². The number of allylic oxidation sites excluding steroid dienone is 1. The van der Waals surface area contributed by atoms with E-state index >= 15 is 0 Å². The van der Waals surface area contributed by atoms with Crippen LogP contribution in [0.2, 0.25) is 0 Å². The Morgan fingerprint density at radius 2 is 1.28 bits per heavy atom. The van der Waals surface area contributed by atoms with Crippen LogP contribution < -0.4 is 26.5 Å². The minimum atomic E-state index is -1.17. The van der Waals surface area contributed by atoms with Crippen LogP contribution in [0.1, 0.15) is 38.3 Å². The standard InChI is InChI=1S/C29H37N3O7/c1-6-16-31-26(35)30(5)27(36)32(28(31)37)17-23(34)19-39-25-14-10-21(11-15-25)29(3,4)20-8-12-24(13-9-20)38-18-22(33)7-2/h6,8-15,22-23,33-34H,1,7,16-19H2,2-5H3. The average molecular weight is 540 g/mol. The van der Waals surface area contributed by atoms with E-state index < -0.39 is 29.3 Å². The second kappa shape index (κ2) is 12.8. The van der Waals surface area contributed by atoms with Crippen LogP contribution in [-0.2, 0) is 25.6 Å². The minimum Gasteiger partial charge on any atom is -0.491 e. The first-order valence-corrected chi connectivity index (χ1v) is 12.8. The molecule has 2 N–H and O–H groups in total. The molecular formula is C29H37N3O7. The molecular weight excluding hydrogens is 502 g/mol. The van der Waals surface area contributed by atoms with Crippen molar-refractivity contribution in [3.8, 4) is 11.5 Å². The number of nitrogens with zero attached hydrogens (tertiary/aromatic N) is 3. The number of rotatable bonds is 13. The van der Waals surface area contributed by atoms with Gasteiger partial charge in [0.05, 0.1) is 19.2 Å². The van der Waals surface area contributed by atoms with E-state index in [9.17, 15) is 24.6 Å². The third-order valence-electron chi connectivity index (χ3n) is 6.71. The molecule has 1 aromatic heterocycles. The molecule has 0 saturated heterocycles. The topological polar surface area (TPSA) is 125 Å². The fraction of sp³-hybridized carbons (Fsp3) is 0.414. The summed E-state index contributed by atoms with van der Waals surface area (Å²) in [6, 6.07) is 15.2. The molecule has 0 aliphatic heterocycles. The van der Waals surface area contributed by atoms with Gasteiger partial charge in [-0.1, -0.05) is 51.1 Å². The Morgan fingerprint density at radius 1 is 0.821 bits per heavy atom. The van der Waals surface area contributed by atoms with Crippen molar-refractivity contribution in [2.75, 3.05) is 13.2 Å². The van der Waals surface area contributed by atoms with E-state index in [4.69, 9.17) is 9.47 Å². The molecule has 10 heteroatoms. The van der Waals surface area contributed by atoms with E-state index in [1.807, 2.05) is 43.3 Å². The summed E-state index contributed by atoms with van der Waals surface area (Å²) >= 11 is 0. The highest BCUT2D eigenvalue weighted by atomic mass is 16.5. The number of hydrogen-bond acceptors (Lipinski definition) is 7. The maximum Gasteiger partial charge on any atom is 0.336 e. The molecule has 39 heavy (non-hydrogen) atoms. The van der Waals surface area contributed by atoms with E-state index in [-0.39, 0.29) is 31.7 Å². The number of aliphatic hydroxyl groups excluding tert-OH is 2. The molecule has 1 heterocycles. The van der Waals surface area contributed by atoms with Crippen LogP contribution in [0.5, 0.6) is 11.5 Å². The second-order valence-corrected chi connectivity index (χ2v) is 9.93. The summed E-state index contributed by atoms with van der Waals surface area (Å²) in [5.74, 6) is 1.22. The fourth-order valence-electron chi connectivity index (χ4n) is 4.06. The Kier molecular flexibility index (Phi) is 9.71. The molecule has 2 unspecified atom stereocenters. The van der Waals surface area contributed by atoms with Crippen molar-refractivity contribution in [3.05, 3.63) is 104 Å². The van der Waals surface area contributed by atoms with Crippen molar-refractivity contribution >= 4 is 0 Å². The molecule has 10 nitrogen and oxygen atoms in total. The van der Waals surface area contributed by atoms with Crippen LogP contribution in [0.25, 0.3) is 0 Å². The SMILES string of the molecule is C=CCn1c(=O)n(C)c(=O)n(CC(O)COc2ccc(C(C)(C)c3ccc(OCC(O)CC)cc3)cc2)c1=O. The lowest BCUT2D eigenvalue weighted by atomic mass is 9.78. The molecule has 0 amide bonds. The van der Waals surface area contributed by atoms with Gasteiger partial charge in [-0.3, -0.25) is 0 Å². The quantitative estimate of drug-likeness (QED) is 0.318. The van der Waals surface area contributed by atoms with Gasteiger partial charge in [-0.15, -0.1) is 6.58 Å². The molecule has 0 radical (unpaired) electrons. The Bertz CT molecular complexity index is 1430. The van der Waals surface area contributed by atoms with Crippen molar-refractivity contribution < 1.29 is 19.7 Å². The Labute approximate surface area is 227 Å². The van der Waals surface area contributed by atoms with E-state index in [0.29, 0.717) is 17.9 Å². The van der Waals surface area contributed by atoms with Gasteiger partial charge in [0.15, 0.2) is 0 Å². The molecule has 0 bridgehead atoms. The third-order valence-corrected chi connectivity index (χ3v) is 6.71. The second-order valence-electron chi connectivity index (χ2n) is 9.93. The summed E-state index contributed by atoms with van der Waals surface area (Å²) in [7, 11) is 1.27. The van der Waals surface area contributed by atoms with E-state index in [1.54, 1.807) is 12.1 Å². The maximum atomic E-state index is 12.6. The minimum absolute atomic E-state index is 0.0535. The van der Waals surface area contributed by atoms with Gasteiger partial charge < -0.3 is 19.7 Å². The van der Waals surface area contributed by atoms with Gasteiger partial charge in [0, 0.05) is 12.5 Å². The van der Waals surface area contributed by atoms with Gasteiger partial charge in [-0.2, -0.15) is 0 Å². The number of aliphatic hydroxyl groups is 2. The van der Waals surface area contributed by atoms with Crippen LogP contribution in [0.3, 0.4) is 0 Å². The first-order chi connectivity index (χ1) is 18.5. The third kappa shape index (κ3) is 6.96. The smallest absolute Gasteiger partial charge is 0.336 e. The molecule has 0 saturated carbocycles. The van der Waals surface area contributed by atoms with E-state index in [1.165, 1.54) is 13.1 Å². The summed E-state index contributed by atoms with van der Waals surface area (Å²) in [6.07, 6.45) is 0.362. The lowest BCUT2D eigenvalue weighted by molar-refractivity contribution is 0.0889. The van der Waals surface area contributed by atoms with Gasteiger partial charge in [0.25, 0.3) is 0 Å². The number of benzene rings is 2. The number of aromatic nitrogens is 3. The molecule has 210 valence electrons. The Hall–Kier alpha value is -3.89. The Morgan fingerprint density at radius 3 is 1.74 bits per heavy atom. The largest absolute Gasteiger partial charge is 0.491 e. The zero-order chi connectivity index (χ0) is 28.7. The molecule has 0 fully saturated rings. The zero-order valence-electron chi connectivity index (χ0n) is 22.9. The molecule has 0 aliphatic rings. The molecule has 3 aromatic rings. The van der Waals surface area contributed by atoms with Crippen molar-refractivity contribution in [2.24, 2.45) is 7.05 Å². The molecule has 0 spiro atoms. The van der Waals surface area contributed by atoms with Crippen molar-refractivity contribution in [2.45, 2.75) is 57.9 Å².